The summed E-state index contributed by atoms with van der Waals surface area (Å²) in [6.45, 7) is 3.77. The molecule has 1 aromatic carbocycles. The highest BCUT2D eigenvalue weighted by molar-refractivity contribution is 5.68. The van der Waals surface area contributed by atoms with Gasteiger partial charge in [-0.05, 0) is 5.56 Å². The lowest BCUT2D eigenvalue weighted by Gasteiger charge is -2.25. The third-order valence-corrected chi connectivity index (χ3v) is 2.89. The van der Waals surface area contributed by atoms with Gasteiger partial charge in [-0.25, -0.2) is 0 Å². The van der Waals surface area contributed by atoms with Gasteiger partial charge < -0.3 is 18.9 Å². The van der Waals surface area contributed by atoms with Gasteiger partial charge in [0.05, 0.1) is 13.2 Å². The van der Waals surface area contributed by atoms with E-state index in [-0.39, 0.29) is 13.2 Å². The van der Waals surface area contributed by atoms with Crippen molar-refractivity contribution in [2.24, 2.45) is 0 Å². The topological polar surface area (TPSA) is 88.1 Å². The van der Waals surface area contributed by atoms with Crippen molar-refractivity contribution in [2.75, 3.05) is 13.2 Å². The average Bonchev–Trinajstić information content (AvgIpc) is 2.50. The Morgan fingerprint density at radius 3 is 1.88 bits per heavy atom. The molecular formula is C17H22O7. The van der Waals surface area contributed by atoms with Crippen LogP contribution in [0.5, 0.6) is 0 Å². The van der Waals surface area contributed by atoms with Gasteiger partial charge in [0.25, 0.3) is 0 Å². The van der Waals surface area contributed by atoms with Crippen molar-refractivity contribution in [1.29, 1.82) is 0 Å². The van der Waals surface area contributed by atoms with Gasteiger partial charge >= 0.3 is 17.9 Å². The van der Waals surface area contributed by atoms with E-state index >= 15 is 0 Å². The summed E-state index contributed by atoms with van der Waals surface area (Å²) in [5.41, 5.74) is 0.947. The van der Waals surface area contributed by atoms with Crippen LogP contribution in [0, 0.1) is 0 Å². The van der Waals surface area contributed by atoms with Crippen LogP contribution >= 0.6 is 0 Å². The minimum absolute atomic E-state index is 0.00626. The van der Waals surface area contributed by atoms with Gasteiger partial charge in [0.1, 0.15) is 6.61 Å². The summed E-state index contributed by atoms with van der Waals surface area (Å²) in [5.74, 6) is -1.66. The van der Waals surface area contributed by atoms with Crippen LogP contribution < -0.4 is 0 Å². The third kappa shape index (κ3) is 8.28. The molecule has 0 saturated heterocycles. The van der Waals surface area contributed by atoms with Gasteiger partial charge in [-0.15, -0.1) is 0 Å². The molecular weight excluding hydrogens is 316 g/mol. The second-order valence-electron chi connectivity index (χ2n) is 5.10. The molecule has 0 heterocycles. The van der Waals surface area contributed by atoms with Crippen molar-refractivity contribution in [3.63, 3.8) is 0 Å². The van der Waals surface area contributed by atoms with Crippen LogP contribution in [-0.4, -0.2) is 43.3 Å². The van der Waals surface area contributed by atoms with E-state index in [1.165, 1.54) is 20.8 Å². The first-order valence-corrected chi connectivity index (χ1v) is 7.48. The highest BCUT2D eigenvalue weighted by atomic mass is 16.6. The van der Waals surface area contributed by atoms with Crippen LogP contribution in [-0.2, 0) is 39.9 Å². The van der Waals surface area contributed by atoms with E-state index in [9.17, 15) is 14.4 Å². The lowest BCUT2D eigenvalue weighted by molar-refractivity contribution is -0.178. The zero-order valence-corrected chi connectivity index (χ0v) is 14.0. The molecule has 132 valence electrons. The quantitative estimate of drug-likeness (QED) is 0.499. The number of carbonyl (C=O) groups is 3. The molecule has 0 radical (unpaired) electrons. The molecule has 0 bridgehead atoms. The number of benzene rings is 1. The number of ether oxygens (including phenoxy) is 4. The fraction of sp³-hybridized carbons (Fsp3) is 0.471. The van der Waals surface area contributed by atoms with Crippen molar-refractivity contribution in [3.05, 3.63) is 35.9 Å². The average molecular weight is 338 g/mol. The van der Waals surface area contributed by atoms with Gasteiger partial charge in [-0.2, -0.15) is 0 Å². The maximum atomic E-state index is 11.3. The molecule has 0 aliphatic heterocycles. The molecule has 0 aliphatic carbocycles. The SMILES string of the molecule is CC(=O)OC[C@H](OC(C)=O)[C@@H](COCc1ccccc1)OC(C)=O. The summed E-state index contributed by atoms with van der Waals surface area (Å²) in [5, 5.41) is 0. The van der Waals surface area contributed by atoms with Crippen molar-refractivity contribution in [3.8, 4) is 0 Å². The minimum atomic E-state index is -0.939. The fourth-order valence-electron chi connectivity index (χ4n) is 1.93. The molecule has 0 aromatic heterocycles. The largest absolute Gasteiger partial charge is 0.462 e. The Kier molecular flexibility index (Phi) is 8.49. The molecule has 0 spiro atoms. The zero-order valence-electron chi connectivity index (χ0n) is 14.0. The fourth-order valence-corrected chi connectivity index (χ4v) is 1.93. The molecule has 1 rings (SSSR count). The van der Waals surface area contributed by atoms with Crippen molar-refractivity contribution >= 4 is 17.9 Å². The Bertz CT molecular complexity index is 541. The van der Waals surface area contributed by atoms with Gasteiger partial charge in [0.15, 0.2) is 12.2 Å². The minimum Gasteiger partial charge on any atom is -0.462 e. The number of carbonyl (C=O) groups excluding carboxylic acids is 3. The standard InChI is InChI=1S/C17H22O7/c1-12(18)22-11-17(24-14(3)20)16(23-13(2)19)10-21-9-15-7-5-4-6-8-15/h4-8,16-17H,9-11H2,1-3H3/t16-,17+/m1/s1. The lowest BCUT2D eigenvalue weighted by Crippen LogP contribution is -2.41. The normalized spacial score (nSPS) is 12.8. The van der Waals surface area contributed by atoms with Crippen molar-refractivity contribution in [1.82, 2.24) is 0 Å². The first kappa shape index (κ1) is 19.6. The van der Waals surface area contributed by atoms with Gasteiger partial charge in [0, 0.05) is 20.8 Å². The first-order valence-electron chi connectivity index (χ1n) is 7.48. The summed E-state index contributed by atoms with van der Waals surface area (Å²) in [6.07, 6.45) is -1.82. The summed E-state index contributed by atoms with van der Waals surface area (Å²) >= 11 is 0. The molecule has 1 aromatic rings. The van der Waals surface area contributed by atoms with E-state index < -0.39 is 30.1 Å². The van der Waals surface area contributed by atoms with E-state index in [0.29, 0.717) is 6.61 Å². The monoisotopic (exact) mass is 338 g/mol. The molecule has 24 heavy (non-hydrogen) atoms. The van der Waals surface area contributed by atoms with E-state index in [1.807, 2.05) is 30.3 Å². The third-order valence-electron chi connectivity index (χ3n) is 2.89. The van der Waals surface area contributed by atoms with Crippen molar-refractivity contribution < 1.29 is 33.3 Å². The second kappa shape index (κ2) is 10.4. The zero-order chi connectivity index (χ0) is 17.9. The van der Waals surface area contributed by atoms with E-state index in [1.54, 1.807) is 0 Å². The van der Waals surface area contributed by atoms with Crippen LogP contribution in [0.25, 0.3) is 0 Å². The molecule has 0 unspecified atom stereocenters. The van der Waals surface area contributed by atoms with E-state index in [4.69, 9.17) is 18.9 Å². The highest BCUT2D eigenvalue weighted by Crippen LogP contribution is 2.10. The Hall–Kier alpha value is -2.41. The summed E-state index contributed by atoms with van der Waals surface area (Å²) in [7, 11) is 0. The van der Waals surface area contributed by atoms with E-state index in [0.717, 1.165) is 5.56 Å². The van der Waals surface area contributed by atoms with E-state index in [2.05, 4.69) is 0 Å². The molecule has 2 atom stereocenters. The number of esters is 3. The molecule has 7 heteroatoms. The van der Waals surface area contributed by atoms with Crippen LogP contribution in [0.15, 0.2) is 30.3 Å². The van der Waals surface area contributed by atoms with Gasteiger partial charge in [-0.3, -0.25) is 14.4 Å². The highest BCUT2D eigenvalue weighted by Gasteiger charge is 2.29. The Labute approximate surface area is 140 Å². The second-order valence-corrected chi connectivity index (χ2v) is 5.10. The smallest absolute Gasteiger partial charge is 0.303 e. The summed E-state index contributed by atoms with van der Waals surface area (Å²) in [6, 6.07) is 9.43. The van der Waals surface area contributed by atoms with Crippen LogP contribution in [0.3, 0.4) is 0 Å². The molecule has 0 fully saturated rings. The number of rotatable bonds is 9. The van der Waals surface area contributed by atoms with Crippen LogP contribution in [0.1, 0.15) is 26.3 Å². The first-order chi connectivity index (χ1) is 11.4. The summed E-state index contributed by atoms with van der Waals surface area (Å²) < 4.78 is 20.7. The Morgan fingerprint density at radius 2 is 1.38 bits per heavy atom. The number of hydrogen-bond donors (Lipinski definition) is 0. The van der Waals surface area contributed by atoms with Crippen LogP contribution in [0.2, 0.25) is 0 Å². The molecule has 0 N–H and O–H groups in total. The number of hydrogen-bond acceptors (Lipinski definition) is 7. The van der Waals surface area contributed by atoms with Crippen molar-refractivity contribution in [2.45, 2.75) is 39.6 Å². The Morgan fingerprint density at radius 1 is 0.833 bits per heavy atom. The maximum absolute atomic E-state index is 11.3. The molecule has 0 amide bonds. The predicted molar refractivity (Wildman–Crippen MR) is 83.8 cm³/mol. The molecule has 0 saturated carbocycles. The lowest BCUT2D eigenvalue weighted by atomic mass is 10.2. The maximum Gasteiger partial charge on any atom is 0.303 e. The molecule has 0 aliphatic rings. The Balaban J connectivity index is 2.68. The summed E-state index contributed by atoms with van der Waals surface area (Å²) in [4.78, 5) is 33.5. The predicted octanol–water partition coefficient (Wildman–Crippen LogP) is 1.63. The van der Waals surface area contributed by atoms with Gasteiger partial charge in [0.2, 0.25) is 0 Å². The van der Waals surface area contributed by atoms with Crippen LogP contribution in [0.4, 0.5) is 0 Å². The molecule has 7 nitrogen and oxygen atoms in total. The van der Waals surface area contributed by atoms with Gasteiger partial charge in [-0.1, -0.05) is 30.3 Å².